The molecule has 1 heterocycles. The zero-order valence-corrected chi connectivity index (χ0v) is 15.8. The molecule has 0 atom stereocenters. The third-order valence-corrected chi connectivity index (χ3v) is 3.95. The van der Waals surface area contributed by atoms with Crippen LogP contribution in [0.3, 0.4) is 0 Å². The molecule has 0 radical (unpaired) electrons. The van der Waals surface area contributed by atoms with Crippen molar-refractivity contribution in [2.45, 2.75) is 6.92 Å². The van der Waals surface area contributed by atoms with Crippen LogP contribution in [0.2, 0.25) is 0 Å². The van der Waals surface area contributed by atoms with Gasteiger partial charge in [0.1, 0.15) is 5.69 Å². The topological polar surface area (TPSA) is 113 Å². The van der Waals surface area contributed by atoms with Crippen LogP contribution in [0.25, 0.3) is 11.3 Å². The summed E-state index contributed by atoms with van der Waals surface area (Å²) in [7, 11) is 0. The Hall–Kier alpha value is -3.94. The van der Waals surface area contributed by atoms with Crippen molar-refractivity contribution in [2.75, 3.05) is 18.5 Å². The lowest BCUT2D eigenvalue weighted by Gasteiger charge is -2.08. The van der Waals surface area contributed by atoms with Crippen LogP contribution in [0.5, 0.6) is 0 Å². The largest absolute Gasteiger partial charge is 0.451 e. The molecule has 0 aliphatic heterocycles. The van der Waals surface area contributed by atoms with Crippen molar-refractivity contribution in [3.8, 4) is 11.3 Å². The number of esters is 1. The summed E-state index contributed by atoms with van der Waals surface area (Å²) in [6.45, 7) is 1.86. The van der Waals surface area contributed by atoms with E-state index in [1.54, 1.807) is 30.3 Å². The van der Waals surface area contributed by atoms with Gasteiger partial charge in [-0.05, 0) is 31.2 Å². The maximum absolute atomic E-state index is 12.1. The minimum absolute atomic E-state index is 0.148. The average molecular weight is 392 g/mol. The van der Waals surface area contributed by atoms with E-state index < -0.39 is 18.5 Å². The molecule has 148 valence electrons. The summed E-state index contributed by atoms with van der Waals surface area (Å²) in [4.78, 5) is 36.1. The fraction of sp³-hybridized carbons (Fsp3) is 0.143. The molecule has 3 rings (SSSR count). The fourth-order valence-corrected chi connectivity index (χ4v) is 2.59. The summed E-state index contributed by atoms with van der Waals surface area (Å²) in [5.74, 6) is -1.44. The third-order valence-electron chi connectivity index (χ3n) is 3.95. The maximum Gasteiger partial charge on any atom is 0.356 e. The molecule has 2 amide bonds. The number of amides is 2. The molecule has 8 heteroatoms. The van der Waals surface area contributed by atoms with E-state index in [1.165, 1.54) is 0 Å². The first kappa shape index (κ1) is 19.8. The second-order valence-electron chi connectivity index (χ2n) is 6.10. The summed E-state index contributed by atoms with van der Waals surface area (Å²) in [6.07, 6.45) is 0. The van der Waals surface area contributed by atoms with Crippen molar-refractivity contribution < 1.29 is 19.1 Å². The van der Waals surface area contributed by atoms with E-state index in [-0.39, 0.29) is 11.6 Å². The number of carbonyl (C=O) groups excluding carboxylic acids is 3. The number of benzene rings is 2. The van der Waals surface area contributed by atoms with Crippen LogP contribution in [0, 0.1) is 0 Å². The number of ether oxygens (including phenoxy) is 1. The zero-order valence-electron chi connectivity index (χ0n) is 15.8. The van der Waals surface area contributed by atoms with Crippen LogP contribution in [-0.4, -0.2) is 41.1 Å². The Bertz CT molecular complexity index is 1010. The minimum Gasteiger partial charge on any atom is -0.451 e. The highest BCUT2D eigenvalue weighted by Gasteiger charge is 2.14. The van der Waals surface area contributed by atoms with E-state index in [0.717, 1.165) is 5.56 Å². The Morgan fingerprint density at radius 3 is 2.59 bits per heavy atom. The highest BCUT2D eigenvalue weighted by Crippen LogP contribution is 2.17. The lowest BCUT2D eigenvalue weighted by Crippen LogP contribution is -2.23. The van der Waals surface area contributed by atoms with Gasteiger partial charge in [-0.15, -0.1) is 0 Å². The van der Waals surface area contributed by atoms with Gasteiger partial charge in [-0.2, -0.15) is 5.10 Å². The van der Waals surface area contributed by atoms with Crippen molar-refractivity contribution >= 4 is 23.5 Å². The van der Waals surface area contributed by atoms with Crippen molar-refractivity contribution in [1.82, 2.24) is 15.5 Å². The Labute approximate surface area is 167 Å². The smallest absolute Gasteiger partial charge is 0.356 e. The van der Waals surface area contributed by atoms with Crippen LogP contribution in [0.15, 0.2) is 60.7 Å². The molecule has 0 saturated heterocycles. The molecule has 0 aliphatic carbocycles. The molecule has 3 aromatic rings. The SMILES string of the molecule is CCNC(=O)c1cccc(NC(=O)COC(=O)c2cc(-c3ccccc3)n[nH]2)c1. The van der Waals surface area contributed by atoms with Crippen molar-refractivity contribution in [1.29, 1.82) is 0 Å². The molecule has 0 saturated carbocycles. The summed E-state index contributed by atoms with van der Waals surface area (Å²) in [6, 6.07) is 17.4. The number of nitrogens with zero attached hydrogens (tertiary/aromatic N) is 1. The van der Waals surface area contributed by atoms with Gasteiger partial charge in [0, 0.05) is 23.4 Å². The van der Waals surface area contributed by atoms with Crippen LogP contribution >= 0.6 is 0 Å². The summed E-state index contributed by atoms with van der Waals surface area (Å²) in [5.41, 5.74) is 2.46. The number of aromatic amines is 1. The molecule has 2 aromatic carbocycles. The van der Waals surface area contributed by atoms with E-state index in [1.807, 2.05) is 37.3 Å². The predicted molar refractivity (Wildman–Crippen MR) is 107 cm³/mol. The van der Waals surface area contributed by atoms with Gasteiger partial charge in [0.05, 0.1) is 5.69 Å². The van der Waals surface area contributed by atoms with Gasteiger partial charge in [0.15, 0.2) is 6.61 Å². The molecule has 29 heavy (non-hydrogen) atoms. The molecule has 0 unspecified atom stereocenters. The zero-order chi connectivity index (χ0) is 20.6. The molecular formula is C21H20N4O4. The Morgan fingerprint density at radius 2 is 1.83 bits per heavy atom. The number of anilines is 1. The fourth-order valence-electron chi connectivity index (χ4n) is 2.59. The molecule has 0 spiro atoms. The van der Waals surface area contributed by atoms with E-state index >= 15 is 0 Å². The number of hydrogen-bond donors (Lipinski definition) is 3. The number of hydrogen-bond acceptors (Lipinski definition) is 5. The summed E-state index contributed by atoms with van der Waals surface area (Å²) >= 11 is 0. The number of carbonyl (C=O) groups is 3. The van der Waals surface area contributed by atoms with Gasteiger partial charge in [-0.1, -0.05) is 36.4 Å². The molecule has 0 aliphatic rings. The third kappa shape index (κ3) is 5.29. The lowest BCUT2D eigenvalue weighted by molar-refractivity contribution is -0.119. The standard InChI is InChI=1S/C21H20N4O4/c1-2-22-20(27)15-9-6-10-16(11-15)23-19(26)13-29-21(28)18-12-17(24-25-18)14-7-4-3-5-8-14/h3-12H,2,13H2,1H3,(H,22,27)(H,23,26)(H,24,25). The first-order valence-corrected chi connectivity index (χ1v) is 9.03. The molecule has 1 aromatic heterocycles. The van der Waals surface area contributed by atoms with Gasteiger partial charge in [0.2, 0.25) is 0 Å². The van der Waals surface area contributed by atoms with Crippen LogP contribution in [0.4, 0.5) is 5.69 Å². The molecule has 0 fully saturated rings. The number of rotatable bonds is 7. The van der Waals surface area contributed by atoms with Gasteiger partial charge in [-0.3, -0.25) is 14.7 Å². The number of aromatic nitrogens is 2. The Balaban J connectivity index is 1.54. The summed E-state index contributed by atoms with van der Waals surface area (Å²) in [5, 5.41) is 12.0. The van der Waals surface area contributed by atoms with Crippen LogP contribution < -0.4 is 10.6 Å². The molecule has 0 bridgehead atoms. The monoisotopic (exact) mass is 392 g/mol. The average Bonchev–Trinajstić information content (AvgIpc) is 3.23. The van der Waals surface area contributed by atoms with Gasteiger partial charge >= 0.3 is 5.97 Å². The van der Waals surface area contributed by atoms with E-state index in [0.29, 0.717) is 23.5 Å². The second-order valence-corrected chi connectivity index (χ2v) is 6.10. The van der Waals surface area contributed by atoms with E-state index in [2.05, 4.69) is 20.8 Å². The maximum atomic E-state index is 12.1. The van der Waals surface area contributed by atoms with Crippen molar-refractivity contribution in [2.24, 2.45) is 0 Å². The predicted octanol–water partition coefficient (Wildman–Crippen LogP) is 2.62. The summed E-state index contributed by atoms with van der Waals surface area (Å²) < 4.78 is 5.03. The number of nitrogens with one attached hydrogen (secondary N) is 3. The Morgan fingerprint density at radius 1 is 1.03 bits per heavy atom. The molecule has 8 nitrogen and oxygen atoms in total. The van der Waals surface area contributed by atoms with Crippen molar-refractivity contribution in [3.05, 3.63) is 71.9 Å². The molecular weight excluding hydrogens is 372 g/mol. The quantitative estimate of drug-likeness (QED) is 0.535. The second kappa shape index (κ2) is 9.32. The van der Waals surface area contributed by atoms with E-state index in [4.69, 9.17) is 4.74 Å². The van der Waals surface area contributed by atoms with Crippen LogP contribution in [0.1, 0.15) is 27.8 Å². The highest BCUT2D eigenvalue weighted by molar-refractivity contribution is 5.98. The molecule has 3 N–H and O–H groups in total. The van der Waals surface area contributed by atoms with E-state index in [9.17, 15) is 14.4 Å². The highest BCUT2D eigenvalue weighted by atomic mass is 16.5. The van der Waals surface area contributed by atoms with Crippen LogP contribution in [-0.2, 0) is 9.53 Å². The van der Waals surface area contributed by atoms with Gasteiger partial charge in [-0.25, -0.2) is 4.79 Å². The van der Waals surface area contributed by atoms with Gasteiger partial charge in [0.25, 0.3) is 11.8 Å². The normalized spacial score (nSPS) is 10.2. The first-order chi connectivity index (χ1) is 14.1. The van der Waals surface area contributed by atoms with Crippen molar-refractivity contribution in [3.63, 3.8) is 0 Å². The minimum atomic E-state index is -0.689. The lowest BCUT2D eigenvalue weighted by atomic mass is 10.1. The Kier molecular flexibility index (Phi) is 6.36. The van der Waals surface area contributed by atoms with Gasteiger partial charge < -0.3 is 15.4 Å². The number of H-pyrrole nitrogens is 1. The first-order valence-electron chi connectivity index (χ1n) is 9.03.